The summed E-state index contributed by atoms with van der Waals surface area (Å²) in [7, 11) is 0. The van der Waals surface area contributed by atoms with E-state index in [1.807, 2.05) is 0 Å². The summed E-state index contributed by atoms with van der Waals surface area (Å²) in [6, 6.07) is 19.7. The van der Waals surface area contributed by atoms with E-state index < -0.39 is 0 Å². The molecule has 0 aromatic heterocycles. The summed E-state index contributed by atoms with van der Waals surface area (Å²) in [6.45, 7) is 2.20. The Labute approximate surface area is 125 Å². The summed E-state index contributed by atoms with van der Waals surface area (Å²) in [6.07, 6.45) is 4.69. The standard InChI is InChI=1S/C18H21Br/c1-2-15-11-13-16(14-12-15)7-6-10-18(19)17-8-4-3-5-9-17/h3-5,8-9,11-14,18H,2,6-7,10H2,1H3. The van der Waals surface area contributed by atoms with Crippen molar-refractivity contribution in [3.05, 3.63) is 71.3 Å². The van der Waals surface area contributed by atoms with E-state index in [0.29, 0.717) is 4.83 Å². The molecule has 0 aliphatic heterocycles. The monoisotopic (exact) mass is 316 g/mol. The van der Waals surface area contributed by atoms with Gasteiger partial charge in [-0.3, -0.25) is 0 Å². The molecule has 0 amide bonds. The van der Waals surface area contributed by atoms with Crippen LogP contribution < -0.4 is 0 Å². The van der Waals surface area contributed by atoms with Crippen molar-refractivity contribution in [3.63, 3.8) is 0 Å². The third kappa shape index (κ3) is 4.50. The number of hydrogen-bond acceptors (Lipinski definition) is 0. The molecule has 0 radical (unpaired) electrons. The molecule has 1 heteroatoms. The van der Waals surface area contributed by atoms with Crippen molar-refractivity contribution < 1.29 is 0 Å². The summed E-state index contributed by atoms with van der Waals surface area (Å²) < 4.78 is 0. The van der Waals surface area contributed by atoms with Gasteiger partial charge in [0.15, 0.2) is 0 Å². The van der Waals surface area contributed by atoms with E-state index in [0.717, 1.165) is 6.42 Å². The van der Waals surface area contributed by atoms with Gasteiger partial charge in [0.2, 0.25) is 0 Å². The van der Waals surface area contributed by atoms with Gasteiger partial charge in [0.25, 0.3) is 0 Å². The average molecular weight is 317 g/mol. The summed E-state index contributed by atoms with van der Waals surface area (Å²) in [5, 5.41) is 0. The molecule has 0 nitrogen and oxygen atoms in total. The third-order valence-corrected chi connectivity index (χ3v) is 4.50. The summed E-state index contributed by atoms with van der Waals surface area (Å²) in [4.78, 5) is 0.476. The van der Waals surface area contributed by atoms with Gasteiger partial charge in [0.05, 0.1) is 0 Å². The van der Waals surface area contributed by atoms with E-state index in [1.165, 1.54) is 36.0 Å². The normalized spacial score (nSPS) is 12.3. The van der Waals surface area contributed by atoms with Crippen LogP contribution >= 0.6 is 15.9 Å². The zero-order valence-electron chi connectivity index (χ0n) is 11.5. The Balaban J connectivity index is 1.79. The van der Waals surface area contributed by atoms with Gasteiger partial charge in [-0.15, -0.1) is 0 Å². The highest BCUT2D eigenvalue weighted by atomic mass is 79.9. The molecule has 1 atom stereocenters. The van der Waals surface area contributed by atoms with Crippen molar-refractivity contribution in [2.75, 3.05) is 0 Å². The number of hydrogen-bond donors (Lipinski definition) is 0. The lowest BCUT2D eigenvalue weighted by molar-refractivity contribution is 0.729. The van der Waals surface area contributed by atoms with Crippen LogP contribution in [0.15, 0.2) is 54.6 Å². The minimum atomic E-state index is 0.476. The maximum Gasteiger partial charge on any atom is 0.0395 e. The fraction of sp³-hybridized carbons (Fsp3) is 0.333. The fourth-order valence-electron chi connectivity index (χ4n) is 2.26. The summed E-state index contributed by atoms with van der Waals surface area (Å²) in [5.41, 5.74) is 4.25. The van der Waals surface area contributed by atoms with E-state index in [4.69, 9.17) is 0 Å². The SMILES string of the molecule is CCc1ccc(CCCC(Br)c2ccccc2)cc1. The number of rotatable bonds is 6. The minimum absolute atomic E-state index is 0.476. The molecule has 0 fully saturated rings. The van der Waals surface area contributed by atoms with E-state index >= 15 is 0 Å². The number of aryl methyl sites for hydroxylation is 2. The lowest BCUT2D eigenvalue weighted by atomic mass is 10.0. The second kappa shape index (κ2) is 7.49. The minimum Gasteiger partial charge on any atom is -0.0839 e. The molecule has 0 saturated heterocycles. The van der Waals surface area contributed by atoms with Gasteiger partial charge in [0.1, 0.15) is 0 Å². The molecule has 2 aromatic rings. The van der Waals surface area contributed by atoms with Gasteiger partial charge in [0, 0.05) is 4.83 Å². The Morgan fingerprint density at radius 1 is 0.895 bits per heavy atom. The average Bonchev–Trinajstić information content (AvgIpc) is 2.49. The topological polar surface area (TPSA) is 0 Å². The maximum atomic E-state index is 3.78. The number of alkyl halides is 1. The van der Waals surface area contributed by atoms with Gasteiger partial charge < -0.3 is 0 Å². The van der Waals surface area contributed by atoms with Crippen LogP contribution in [0.1, 0.15) is 41.3 Å². The molecule has 0 aliphatic carbocycles. The fourth-order valence-corrected chi connectivity index (χ4v) is 2.88. The Bertz CT molecular complexity index is 473. The summed E-state index contributed by atoms with van der Waals surface area (Å²) >= 11 is 3.78. The molecule has 0 N–H and O–H groups in total. The molecule has 0 spiro atoms. The van der Waals surface area contributed by atoms with Crippen molar-refractivity contribution in [1.29, 1.82) is 0 Å². The largest absolute Gasteiger partial charge is 0.0839 e. The second-order valence-electron chi connectivity index (χ2n) is 4.94. The molecule has 0 heterocycles. The van der Waals surface area contributed by atoms with Crippen LogP contribution in [-0.4, -0.2) is 0 Å². The predicted octanol–water partition coefficient (Wildman–Crippen LogP) is 5.71. The lowest BCUT2D eigenvalue weighted by Crippen LogP contribution is -1.92. The molecule has 0 bridgehead atoms. The molecular formula is C18H21Br. The second-order valence-corrected chi connectivity index (χ2v) is 6.05. The third-order valence-electron chi connectivity index (χ3n) is 3.52. The zero-order valence-corrected chi connectivity index (χ0v) is 13.1. The van der Waals surface area contributed by atoms with Gasteiger partial charge >= 0.3 is 0 Å². The van der Waals surface area contributed by atoms with Crippen LogP contribution in [0.25, 0.3) is 0 Å². The van der Waals surface area contributed by atoms with Crippen molar-refractivity contribution in [2.45, 2.75) is 37.4 Å². The first kappa shape index (κ1) is 14.3. The van der Waals surface area contributed by atoms with Gasteiger partial charge in [-0.25, -0.2) is 0 Å². The first-order valence-electron chi connectivity index (χ1n) is 7.06. The highest BCUT2D eigenvalue weighted by Crippen LogP contribution is 2.28. The molecular weight excluding hydrogens is 296 g/mol. The van der Waals surface area contributed by atoms with Crippen LogP contribution in [0.3, 0.4) is 0 Å². The maximum absolute atomic E-state index is 3.78. The highest BCUT2D eigenvalue weighted by molar-refractivity contribution is 9.09. The van der Waals surface area contributed by atoms with Gasteiger partial charge in [-0.1, -0.05) is 77.5 Å². The van der Waals surface area contributed by atoms with E-state index in [2.05, 4.69) is 77.5 Å². The summed E-state index contributed by atoms with van der Waals surface area (Å²) in [5.74, 6) is 0. The molecule has 0 saturated carbocycles. The van der Waals surface area contributed by atoms with Crippen molar-refractivity contribution in [3.8, 4) is 0 Å². The smallest absolute Gasteiger partial charge is 0.0395 e. The Kier molecular flexibility index (Phi) is 5.65. The van der Waals surface area contributed by atoms with Crippen LogP contribution in [0.2, 0.25) is 0 Å². The zero-order chi connectivity index (χ0) is 13.5. The number of benzene rings is 2. The van der Waals surface area contributed by atoms with Gasteiger partial charge in [-0.05, 0) is 42.4 Å². The van der Waals surface area contributed by atoms with Crippen LogP contribution in [0, 0.1) is 0 Å². The van der Waals surface area contributed by atoms with Crippen LogP contribution in [0.4, 0.5) is 0 Å². The van der Waals surface area contributed by atoms with Crippen molar-refractivity contribution >= 4 is 15.9 Å². The van der Waals surface area contributed by atoms with Crippen LogP contribution in [-0.2, 0) is 12.8 Å². The number of halogens is 1. The van der Waals surface area contributed by atoms with Crippen LogP contribution in [0.5, 0.6) is 0 Å². The molecule has 1 unspecified atom stereocenters. The predicted molar refractivity (Wildman–Crippen MR) is 86.9 cm³/mol. The Morgan fingerprint density at radius 3 is 2.16 bits per heavy atom. The molecule has 2 rings (SSSR count). The quantitative estimate of drug-likeness (QED) is 0.599. The Hall–Kier alpha value is -1.08. The first-order valence-corrected chi connectivity index (χ1v) is 7.98. The van der Waals surface area contributed by atoms with Crippen molar-refractivity contribution in [1.82, 2.24) is 0 Å². The van der Waals surface area contributed by atoms with E-state index in [1.54, 1.807) is 0 Å². The lowest BCUT2D eigenvalue weighted by Gasteiger charge is -2.10. The highest BCUT2D eigenvalue weighted by Gasteiger charge is 2.06. The molecule has 2 aromatic carbocycles. The Morgan fingerprint density at radius 2 is 1.53 bits per heavy atom. The van der Waals surface area contributed by atoms with Gasteiger partial charge in [-0.2, -0.15) is 0 Å². The molecule has 19 heavy (non-hydrogen) atoms. The first-order chi connectivity index (χ1) is 9.29. The van der Waals surface area contributed by atoms with E-state index in [-0.39, 0.29) is 0 Å². The molecule has 0 aliphatic rings. The molecule has 100 valence electrons. The van der Waals surface area contributed by atoms with Crippen molar-refractivity contribution in [2.24, 2.45) is 0 Å². The van der Waals surface area contributed by atoms with E-state index in [9.17, 15) is 0 Å².